The fourth-order valence-corrected chi connectivity index (χ4v) is 6.26. The Balaban J connectivity index is 1.67. The molecule has 1 aromatic carbocycles. The average molecular weight is 397 g/mol. The van der Waals surface area contributed by atoms with Crippen LogP contribution in [0.25, 0.3) is 0 Å². The molecular formula is C19H28N2O3S2. The van der Waals surface area contributed by atoms with Crippen LogP contribution >= 0.6 is 11.8 Å². The highest BCUT2D eigenvalue weighted by molar-refractivity contribution is 8.00. The maximum Gasteiger partial charge on any atom is 0.243 e. The fraction of sp³-hybridized carbons (Fsp3) is 0.632. The molecule has 144 valence electrons. The summed E-state index contributed by atoms with van der Waals surface area (Å²) in [5.74, 6) is 0.366. The first-order chi connectivity index (χ1) is 12.5. The van der Waals surface area contributed by atoms with Gasteiger partial charge in [-0.05, 0) is 50.3 Å². The lowest BCUT2D eigenvalue weighted by Gasteiger charge is -2.26. The summed E-state index contributed by atoms with van der Waals surface area (Å²) in [5, 5.41) is 3.50. The highest BCUT2D eigenvalue weighted by atomic mass is 32.2. The maximum absolute atomic E-state index is 12.8. The third kappa shape index (κ3) is 4.81. The molecule has 0 atom stereocenters. The molecule has 2 aliphatic rings. The number of carbonyl (C=O) groups excluding carboxylic acids is 1. The number of anilines is 1. The number of thioether (sulfide) groups is 1. The van der Waals surface area contributed by atoms with Crippen LogP contribution in [0, 0.1) is 6.92 Å². The summed E-state index contributed by atoms with van der Waals surface area (Å²) in [7, 11) is -3.49. The van der Waals surface area contributed by atoms with E-state index < -0.39 is 10.0 Å². The Morgan fingerprint density at radius 2 is 1.85 bits per heavy atom. The molecule has 7 heteroatoms. The zero-order chi connectivity index (χ0) is 18.6. The van der Waals surface area contributed by atoms with Gasteiger partial charge in [0.1, 0.15) is 0 Å². The molecule has 1 N–H and O–H groups in total. The summed E-state index contributed by atoms with van der Waals surface area (Å²) in [6, 6.07) is 5.02. The van der Waals surface area contributed by atoms with Crippen LogP contribution in [0.3, 0.4) is 0 Å². The van der Waals surface area contributed by atoms with E-state index in [1.165, 1.54) is 25.7 Å². The minimum atomic E-state index is -3.49. The number of piperidine rings is 1. The number of aryl methyl sites for hydroxylation is 1. The van der Waals surface area contributed by atoms with Gasteiger partial charge >= 0.3 is 0 Å². The van der Waals surface area contributed by atoms with E-state index in [4.69, 9.17) is 0 Å². The minimum Gasteiger partial charge on any atom is -0.325 e. The molecule has 0 radical (unpaired) electrons. The van der Waals surface area contributed by atoms with Crippen molar-refractivity contribution in [3.63, 3.8) is 0 Å². The summed E-state index contributed by atoms with van der Waals surface area (Å²) < 4.78 is 27.2. The Bertz CT molecular complexity index is 737. The van der Waals surface area contributed by atoms with E-state index >= 15 is 0 Å². The lowest BCUT2D eigenvalue weighted by atomic mass is 10.2. The Kier molecular flexibility index (Phi) is 6.64. The molecule has 1 saturated carbocycles. The van der Waals surface area contributed by atoms with Crippen LogP contribution in [0.1, 0.15) is 50.5 Å². The van der Waals surface area contributed by atoms with Gasteiger partial charge in [0, 0.05) is 24.0 Å². The van der Waals surface area contributed by atoms with Crippen molar-refractivity contribution in [2.75, 3.05) is 24.2 Å². The predicted octanol–water partition coefficient (Wildman–Crippen LogP) is 3.78. The lowest BCUT2D eigenvalue weighted by molar-refractivity contribution is -0.113. The fourth-order valence-electron chi connectivity index (χ4n) is 3.59. The van der Waals surface area contributed by atoms with Gasteiger partial charge in [-0.15, -0.1) is 11.8 Å². The molecule has 1 aromatic rings. The van der Waals surface area contributed by atoms with Crippen LogP contribution in [-0.4, -0.2) is 42.7 Å². The summed E-state index contributed by atoms with van der Waals surface area (Å²) >= 11 is 1.71. The number of hydrogen-bond donors (Lipinski definition) is 1. The van der Waals surface area contributed by atoms with Crippen molar-refractivity contribution in [2.45, 2.75) is 62.0 Å². The first kappa shape index (κ1) is 19.7. The summed E-state index contributed by atoms with van der Waals surface area (Å²) in [6.07, 6.45) is 7.81. The molecule has 2 fully saturated rings. The molecule has 1 heterocycles. The quantitative estimate of drug-likeness (QED) is 0.795. The van der Waals surface area contributed by atoms with Crippen molar-refractivity contribution in [1.29, 1.82) is 0 Å². The number of nitrogens with zero attached hydrogens (tertiary/aromatic N) is 1. The molecule has 0 aromatic heterocycles. The molecule has 1 aliphatic carbocycles. The predicted molar refractivity (Wildman–Crippen MR) is 107 cm³/mol. The number of rotatable bonds is 6. The molecular weight excluding hydrogens is 368 g/mol. The van der Waals surface area contributed by atoms with Gasteiger partial charge in [0.2, 0.25) is 15.9 Å². The van der Waals surface area contributed by atoms with Crippen LogP contribution < -0.4 is 5.32 Å². The second-order valence-corrected chi connectivity index (χ2v) is 10.4. The largest absolute Gasteiger partial charge is 0.325 e. The van der Waals surface area contributed by atoms with Crippen molar-refractivity contribution in [3.05, 3.63) is 23.8 Å². The SMILES string of the molecule is Cc1ccc(S(=O)(=O)N2CCCCC2)cc1NC(=O)CSC1CCCC1. The summed E-state index contributed by atoms with van der Waals surface area (Å²) in [5.41, 5.74) is 1.47. The number of nitrogens with one attached hydrogen (secondary N) is 1. The Hall–Kier alpha value is -1.05. The smallest absolute Gasteiger partial charge is 0.243 e. The Morgan fingerprint density at radius 1 is 1.15 bits per heavy atom. The molecule has 0 bridgehead atoms. The van der Waals surface area contributed by atoms with E-state index in [-0.39, 0.29) is 10.8 Å². The van der Waals surface area contributed by atoms with E-state index in [0.29, 0.717) is 29.8 Å². The highest BCUT2D eigenvalue weighted by Gasteiger charge is 2.26. The number of amides is 1. The molecule has 0 unspecified atom stereocenters. The van der Waals surface area contributed by atoms with E-state index in [9.17, 15) is 13.2 Å². The van der Waals surface area contributed by atoms with E-state index in [0.717, 1.165) is 24.8 Å². The standard InChI is InChI=1S/C19H28N2O3S2/c1-15-9-10-17(26(23,24)21-11-5-2-6-12-21)13-18(15)20-19(22)14-25-16-7-3-4-8-16/h9-10,13,16H,2-8,11-12,14H2,1H3,(H,20,22). The molecule has 1 aliphatic heterocycles. The van der Waals surface area contributed by atoms with Crippen molar-refractivity contribution in [3.8, 4) is 0 Å². The monoisotopic (exact) mass is 396 g/mol. The van der Waals surface area contributed by atoms with Crippen LogP contribution in [-0.2, 0) is 14.8 Å². The zero-order valence-electron chi connectivity index (χ0n) is 15.4. The van der Waals surface area contributed by atoms with Crippen molar-refractivity contribution in [1.82, 2.24) is 4.31 Å². The maximum atomic E-state index is 12.8. The van der Waals surface area contributed by atoms with Crippen LogP contribution in [0.5, 0.6) is 0 Å². The Morgan fingerprint density at radius 3 is 2.54 bits per heavy atom. The topological polar surface area (TPSA) is 66.5 Å². The molecule has 5 nitrogen and oxygen atoms in total. The number of sulfonamides is 1. The lowest BCUT2D eigenvalue weighted by Crippen LogP contribution is -2.35. The Labute approximate surface area is 161 Å². The first-order valence-corrected chi connectivity index (χ1v) is 12.0. The van der Waals surface area contributed by atoms with Gasteiger partial charge in [-0.1, -0.05) is 25.3 Å². The van der Waals surface area contributed by atoms with Gasteiger partial charge in [-0.2, -0.15) is 4.31 Å². The van der Waals surface area contributed by atoms with Gasteiger partial charge in [0.25, 0.3) is 0 Å². The van der Waals surface area contributed by atoms with Crippen molar-refractivity contribution < 1.29 is 13.2 Å². The third-order valence-corrected chi connectivity index (χ3v) is 8.45. The molecule has 1 saturated heterocycles. The third-order valence-electron chi connectivity index (χ3n) is 5.19. The number of carbonyl (C=O) groups is 1. The molecule has 3 rings (SSSR count). The zero-order valence-corrected chi connectivity index (χ0v) is 17.0. The molecule has 1 amide bonds. The van der Waals surface area contributed by atoms with Crippen molar-refractivity contribution >= 4 is 33.4 Å². The van der Waals surface area contributed by atoms with Gasteiger partial charge in [0.15, 0.2) is 0 Å². The average Bonchev–Trinajstić information content (AvgIpc) is 3.16. The molecule has 0 spiro atoms. The van der Waals surface area contributed by atoms with E-state index in [1.54, 1.807) is 34.3 Å². The molecule has 26 heavy (non-hydrogen) atoms. The van der Waals surface area contributed by atoms with Crippen molar-refractivity contribution in [2.24, 2.45) is 0 Å². The summed E-state index contributed by atoms with van der Waals surface area (Å²) in [6.45, 7) is 3.04. The van der Waals surface area contributed by atoms with Gasteiger partial charge in [-0.25, -0.2) is 8.42 Å². The first-order valence-electron chi connectivity index (χ1n) is 9.49. The van der Waals surface area contributed by atoms with E-state index in [1.807, 2.05) is 6.92 Å². The van der Waals surface area contributed by atoms with Crippen LogP contribution in [0.15, 0.2) is 23.1 Å². The van der Waals surface area contributed by atoms with Gasteiger partial charge in [-0.3, -0.25) is 4.79 Å². The number of benzene rings is 1. The summed E-state index contributed by atoms with van der Waals surface area (Å²) in [4.78, 5) is 12.6. The van der Waals surface area contributed by atoms with Crippen LogP contribution in [0.4, 0.5) is 5.69 Å². The second-order valence-electron chi connectivity index (χ2n) is 7.21. The normalized spacial score (nSPS) is 19.6. The number of hydrogen-bond acceptors (Lipinski definition) is 4. The van der Waals surface area contributed by atoms with E-state index in [2.05, 4.69) is 5.32 Å². The minimum absolute atomic E-state index is 0.0579. The highest BCUT2D eigenvalue weighted by Crippen LogP contribution is 2.30. The van der Waals surface area contributed by atoms with Crippen LogP contribution in [0.2, 0.25) is 0 Å². The second kappa shape index (κ2) is 8.76. The van der Waals surface area contributed by atoms with Gasteiger partial charge < -0.3 is 5.32 Å². The van der Waals surface area contributed by atoms with Gasteiger partial charge in [0.05, 0.1) is 10.6 Å².